The van der Waals surface area contributed by atoms with Crippen LogP contribution < -0.4 is 5.32 Å². The van der Waals surface area contributed by atoms with Crippen LogP contribution in [0.2, 0.25) is 10.0 Å². The number of amides is 1. The van der Waals surface area contributed by atoms with Gasteiger partial charge >= 0.3 is 0 Å². The van der Waals surface area contributed by atoms with Crippen molar-refractivity contribution in [3.63, 3.8) is 0 Å². The van der Waals surface area contributed by atoms with Crippen molar-refractivity contribution in [3.05, 3.63) is 69.7 Å². The Bertz CT molecular complexity index is 1010. The Balaban J connectivity index is 2.01. The standard InChI is InChI=1S/C20H18Cl2FN3O/c1-11(2)19-15(10-26(3)25-19)20(27)24-18-7-5-13(23)9-14(18)12-4-6-16(21)17(22)8-12/h4-11H,1-3H3,(H,24,27). The third kappa shape index (κ3) is 4.15. The van der Waals surface area contributed by atoms with Crippen molar-refractivity contribution >= 4 is 34.8 Å². The minimum absolute atomic E-state index is 0.0923. The summed E-state index contributed by atoms with van der Waals surface area (Å²) in [6, 6.07) is 9.16. The highest BCUT2D eigenvalue weighted by molar-refractivity contribution is 6.42. The zero-order valence-corrected chi connectivity index (χ0v) is 16.6. The van der Waals surface area contributed by atoms with E-state index < -0.39 is 5.82 Å². The van der Waals surface area contributed by atoms with Gasteiger partial charge in [-0.2, -0.15) is 5.10 Å². The molecule has 7 heteroatoms. The Morgan fingerprint density at radius 1 is 1.15 bits per heavy atom. The van der Waals surface area contributed by atoms with E-state index in [4.69, 9.17) is 23.2 Å². The summed E-state index contributed by atoms with van der Waals surface area (Å²) in [7, 11) is 1.77. The molecule has 0 saturated heterocycles. The van der Waals surface area contributed by atoms with Crippen molar-refractivity contribution in [1.82, 2.24) is 9.78 Å². The Morgan fingerprint density at radius 2 is 1.89 bits per heavy atom. The molecule has 1 aromatic heterocycles. The lowest BCUT2D eigenvalue weighted by atomic mass is 10.0. The van der Waals surface area contributed by atoms with Crippen LogP contribution in [0.3, 0.4) is 0 Å². The largest absolute Gasteiger partial charge is 0.321 e. The van der Waals surface area contributed by atoms with Crippen LogP contribution in [0, 0.1) is 5.82 Å². The maximum atomic E-state index is 13.9. The summed E-state index contributed by atoms with van der Waals surface area (Å²) in [5.41, 5.74) is 2.81. The number of aryl methyl sites for hydroxylation is 1. The number of carbonyl (C=O) groups excluding carboxylic acids is 1. The lowest BCUT2D eigenvalue weighted by Gasteiger charge is -2.13. The van der Waals surface area contributed by atoms with Gasteiger partial charge in [0.15, 0.2) is 0 Å². The fourth-order valence-corrected chi connectivity index (χ4v) is 3.12. The molecule has 0 aliphatic carbocycles. The van der Waals surface area contributed by atoms with Gasteiger partial charge in [0, 0.05) is 24.5 Å². The molecule has 4 nitrogen and oxygen atoms in total. The first-order valence-electron chi connectivity index (χ1n) is 8.36. The summed E-state index contributed by atoms with van der Waals surface area (Å²) in [6.07, 6.45) is 1.67. The fraction of sp³-hybridized carbons (Fsp3) is 0.200. The van der Waals surface area contributed by atoms with E-state index in [-0.39, 0.29) is 11.8 Å². The predicted molar refractivity (Wildman–Crippen MR) is 107 cm³/mol. The van der Waals surface area contributed by atoms with Gasteiger partial charge in [-0.1, -0.05) is 43.1 Å². The normalized spacial score (nSPS) is 11.1. The van der Waals surface area contributed by atoms with Crippen molar-refractivity contribution in [1.29, 1.82) is 0 Å². The summed E-state index contributed by atoms with van der Waals surface area (Å²) >= 11 is 12.1. The van der Waals surface area contributed by atoms with Crippen molar-refractivity contribution < 1.29 is 9.18 Å². The van der Waals surface area contributed by atoms with E-state index in [1.807, 2.05) is 13.8 Å². The molecule has 0 unspecified atom stereocenters. The van der Waals surface area contributed by atoms with E-state index in [2.05, 4.69) is 10.4 Å². The topological polar surface area (TPSA) is 46.9 Å². The van der Waals surface area contributed by atoms with Crippen molar-refractivity contribution in [2.45, 2.75) is 19.8 Å². The van der Waals surface area contributed by atoms with Gasteiger partial charge in [0.25, 0.3) is 5.91 Å². The van der Waals surface area contributed by atoms with Crippen LogP contribution in [0.25, 0.3) is 11.1 Å². The van der Waals surface area contributed by atoms with E-state index in [1.165, 1.54) is 18.2 Å². The Hall–Kier alpha value is -2.37. The van der Waals surface area contributed by atoms with E-state index in [0.29, 0.717) is 38.1 Å². The van der Waals surface area contributed by atoms with Gasteiger partial charge in [-0.05, 0) is 41.8 Å². The second kappa shape index (κ2) is 7.71. The number of nitrogens with zero attached hydrogens (tertiary/aromatic N) is 2. The van der Waals surface area contributed by atoms with Gasteiger partial charge in [-0.15, -0.1) is 0 Å². The third-order valence-electron chi connectivity index (χ3n) is 4.11. The van der Waals surface area contributed by atoms with Crippen molar-refractivity contribution in [2.75, 3.05) is 5.32 Å². The molecule has 0 fully saturated rings. The quantitative estimate of drug-likeness (QED) is 0.586. The van der Waals surface area contributed by atoms with Gasteiger partial charge in [-0.3, -0.25) is 9.48 Å². The molecule has 1 N–H and O–H groups in total. The molecular formula is C20H18Cl2FN3O. The number of anilines is 1. The highest BCUT2D eigenvalue weighted by atomic mass is 35.5. The van der Waals surface area contributed by atoms with Crippen LogP contribution in [0.5, 0.6) is 0 Å². The van der Waals surface area contributed by atoms with Gasteiger partial charge in [-0.25, -0.2) is 4.39 Å². The third-order valence-corrected chi connectivity index (χ3v) is 4.85. The summed E-state index contributed by atoms with van der Waals surface area (Å²) in [5.74, 6) is -0.632. The maximum Gasteiger partial charge on any atom is 0.259 e. The summed E-state index contributed by atoms with van der Waals surface area (Å²) < 4.78 is 15.5. The van der Waals surface area contributed by atoms with Crippen LogP contribution >= 0.6 is 23.2 Å². The molecular weight excluding hydrogens is 388 g/mol. The van der Waals surface area contributed by atoms with Crippen molar-refractivity contribution in [3.8, 4) is 11.1 Å². The number of halogens is 3. The maximum absolute atomic E-state index is 13.9. The van der Waals surface area contributed by atoms with Crippen LogP contribution in [0.15, 0.2) is 42.6 Å². The van der Waals surface area contributed by atoms with Crippen LogP contribution in [-0.4, -0.2) is 15.7 Å². The summed E-state index contributed by atoms with van der Waals surface area (Å²) in [4.78, 5) is 12.8. The molecule has 0 aliphatic rings. The molecule has 0 bridgehead atoms. The van der Waals surface area contributed by atoms with Crippen LogP contribution in [-0.2, 0) is 7.05 Å². The van der Waals surface area contributed by atoms with Gasteiger partial charge in [0.05, 0.1) is 21.3 Å². The number of aromatic nitrogens is 2. The molecule has 140 valence electrons. The van der Waals surface area contributed by atoms with E-state index >= 15 is 0 Å². The predicted octanol–water partition coefficient (Wildman–Crippen LogP) is 5.91. The summed E-state index contributed by atoms with van der Waals surface area (Å²) in [6.45, 7) is 3.94. The molecule has 0 atom stereocenters. The van der Waals surface area contributed by atoms with Gasteiger partial charge in [0.1, 0.15) is 5.82 Å². The number of carbonyl (C=O) groups is 1. The number of hydrogen-bond acceptors (Lipinski definition) is 2. The number of rotatable bonds is 4. The first-order valence-corrected chi connectivity index (χ1v) is 9.11. The van der Waals surface area contributed by atoms with E-state index in [0.717, 1.165) is 0 Å². The summed E-state index contributed by atoms with van der Waals surface area (Å²) in [5, 5.41) is 7.97. The minimum Gasteiger partial charge on any atom is -0.321 e. The molecule has 0 radical (unpaired) electrons. The molecule has 0 aliphatic heterocycles. The molecule has 0 saturated carbocycles. The van der Waals surface area contributed by atoms with Crippen LogP contribution in [0.4, 0.5) is 10.1 Å². The average Bonchev–Trinajstić information content (AvgIpc) is 3.01. The average molecular weight is 406 g/mol. The Morgan fingerprint density at radius 3 is 2.56 bits per heavy atom. The second-order valence-electron chi connectivity index (χ2n) is 6.53. The fourth-order valence-electron chi connectivity index (χ4n) is 2.82. The zero-order valence-electron chi connectivity index (χ0n) is 15.1. The molecule has 1 amide bonds. The van der Waals surface area contributed by atoms with E-state index in [1.54, 1.807) is 36.1 Å². The van der Waals surface area contributed by atoms with Crippen LogP contribution in [0.1, 0.15) is 35.8 Å². The van der Waals surface area contributed by atoms with Gasteiger partial charge in [0.2, 0.25) is 0 Å². The SMILES string of the molecule is CC(C)c1nn(C)cc1C(=O)Nc1ccc(F)cc1-c1ccc(Cl)c(Cl)c1. The van der Waals surface area contributed by atoms with Gasteiger partial charge < -0.3 is 5.32 Å². The van der Waals surface area contributed by atoms with Crippen molar-refractivity contribution in [2.24, 2.45) is 7.05 Å². The second-order valence-corrected chi connectivity index (χ2v) is 7.34. The Labute approximate surface area is 166 Å². The molecule has 3 aromatic rings. The number of hydrogen-bond donors (Lipinski definition) is 1. The lowest BCUT2D eigenvalue weighted by Crippen LogP contribution is -2.14. The monoisotopic (exact) mass is 405 g/mol. The molecule has 1 heterocycles. The molecule has 0 spiro atoms. The Kier molecular flexibility index (Phi) is 5.53. The lowest BCUT2D eigenvalue weighted by molar-refractivity contribution is 0.102. The molecule has 3 rings (SSSR count). The highest BCUT2D eigenvalue weighted by Gasteiger charge is 2.19. The highest BCUT2D eigenvalue weighted by Crippen LogP contribution is 2.33. The number of nitrogens with one attached hydrogen (secondary N) is 1. The first kappa shape index (κ1) is 19.4. The zero-order chi connectivity index (χ0) is 19.7. The smallest absolute Gasteiger partial charge is 0.259 e. The van der Waals surface area contributed by atoms with E-state index in [9.17, 15) is 9.18 Å². The minimum atomic E-state index is -0.418. The molecule has 27 heavy (non-hydrogen) atoms. The molecule has 2 aromatic carbocycles. The number of benzene rings is 2. The first-order chi connectivity index (χ1) is 12.8.